The number of amidine groups is 4. The standard InChI is InChI=1S/C48H24N8.C32H16N8.4C5H12.Ga.2H2O.Ti/c1-2-10-26-18-34-33(17-25(26)9-1)41-49-42(34)54-44-37-21-29-13-5-6-14-30(29)22-38(37)46(51-44)56-48-40-24-32-16-8-7-15-31(32)23-39(40)47(52-48)55-45-36-20-28-12-4-3-11-27(28)19-35(36)43(50-45)53-41;1-2-10-18-17(9-1)25-33-26(18)38-28-21-13-5-6-14-22(21)30(35-28)40-32-24-16-8-7-15-23(24)31(36-32)39-29-20-12-4-3-11-19(20)27(34-29)37-25;4*1-5(2,3)4;;;;/h1-24H;1-16H;4*1-4H3;;2*1H2;/q2*-2;;;;;+3;;;+2/p-2. The number of benzene rings is 12. The van der Waals surface area contributed by atoms with E-state index in [1.807, 2.05) is 152 Å². The molecule has 2 N–H and O–H groups in total. The second kappa shape index (κ2) is 31.4. The van der Waals surface area contributed by atoms with Gasteiger partial charge in [-0.1, -0.05) is 208 Å². The summed E-state index contributed by atoms with van der Waals surface area (Å²) in [5.41, 5.74) is 12.5. The van der Waals surface area contributed by atoms with Crippen molar-refractivity contribution in [1.82, 2.24) is 46.4 Å². The first-order valence-corrected chi connectivity index (χ1v) is 43.4. The molecule has 17 aromatic rings. The second-order valence-corrected chi connectivity index (χ2v) is 40.6. The summed E-state index contributed by atoms with van der Waals surface area (Å²) in [4.78, 5) is 72.1. The summed E-state index contributed by atoms with van der Waals surface area (Å²) in [6.07, 6.45) is 0. The molecule has 12 aromatic carbocycles. The Morgan fingerprint density at radius 3 is 0.725 bits per heavy atom. The van der Waals surface area contributed by atoms with Crippen molar-refractivity contribution in [2.24, 2.45) is 51.6 Å². The van der Waals surface area contributed by atoms with Crippen molar-refractivity contribution in [1.29, 1.82) is 0 Å². The van der Waals surface area contributed by atoms with Gasteiger partial charge in [0, 0.05) is 44.8 Å². The normalized spacial score (nSPS) is 13.2. The minimum Gasteiger partial charge on any atom is -0.357 e. The smallest absolute Gasteiger partial charge is 0.357 e. The maximum absolute atomic E-state index is 12.7. The largest absolute Gasteiger partial charge is 2.00 e. The summed E-state index contributed by atoms with van der Waals surface area (Å²) in [6, 6.07) is 82.5. The van der Waals surface area contributed by atoms with Crippen molar-refractivity contribution in [3.8, 4) is 45.6 Å². The topological polar surface area (TPSA) is 240 Å². The SMILES string of the molecule is CC(C)(C)C.CC(C)(C)C.CC(C)(C)C.CC(C)(C)C.[OH-].[OH][Ga]1[n]2c3c4ccccc4c2N=C2N=C(N=c4c5ccccc5c([n]41)=NC1=NC(=N3)c3ccccc31)c1ccccc12.[Ti+2].c1ccc2cc3c(cc2c1)-c1nc-3nc2[n-]c(nc3nc(nc4[n-]c(n1)c1cc5ccccc5cc41)-c1cc4ccccc4cc1-3)c1cc3ccccc3cc21. The quantitative estimate of drug-likeness (QED) is 0.141. The molecule has 11 heterocycles. The van der Waals surface area contributed by atoms with Gasteiger partial charge >= 0.3 is 266 Å². The van der Waals surface area contributed by atoms with Crippen molar-refractivity contribution in [2.45, 2.75) is 111 Å². The van der Waals surface area contributed by atoms with Gasteiger partial charge in [0.2, 0.25) is 0 Å². The Morgan fingerprint density at radius 1 is 0.250 bits per heavy atom. The van der Waals surface area contributed by atoms with Crippen LogP contribution in [0.15, 0.2) is 273 Å². The monoisotopic (exact) mass is 1660 g/mol. The predicted octanol–water partition coefficient (Wildman–Crippen LogP) is 22.7. The predicted molar refractivity (Wildman–Crippen MR) is 490 cm³/mol. The molecule has 18 nitrogen and oxygen atoms in total. The van der Waals surface area contributed by atoms with E-state index >= 15 is 0 Å². The molecule has 6 aliphatic rings. The van der Waals surface area contributed by atoms with Crippen LogP contribution < -0.4 is 20.9 Å². The van der Waals surface area contributed by atoms with Crippen molar-refractivity contribution in [3.63, 3.8) is 0 Å². The van der Waals surface area contributed by atoms with Gasteiger partial charge in [0.1, 0.15) is 0 Å². The third-order valence-electron chi connectivity index (χ3n) is 19.4. The molecule has 6 aliphatic heterocycles. The van der Waals surface area contributed by atoms with Gasteiger partial charge in [-0.15, -0.1) is 0 Å². The van der Waals surface area contributed by atoms with E-state index in [1.54, 1.807) is 0 Å². The molecule has 0 unspecified atom stereocenters. The molecule has 0 amide bonds. The van der Waals surface area contributed by atoms with E-state index in [4.69, 9.17) is 69.8 Å². The summed E-state index contributed by atoms with van der Waals surface area (Å²) in [5.74, 6) is 5.65. The second-order valence-electron chi connectivity index (χ2n) is 37.0. The zero-order valence-corrected chi connectivity index (χ0v) is 74.2. The molecule has 20 heteroatoms. The summed E-state index contributed by atoms with van der Waals surface area (Å²) >= 11 is -3.85. The maximum Gasteiger partial charge on any atom is 2.00 e. The molecule has 5 aromatic heterocycles. The van der Waals surface area contributed by atoms with E-state index in [9.17, 15) is 3.90 Å². The van der Waals surface area contributed by atoms with Crippen LogP contribution in [0.25, 0.3) is 154 Å². The number of fused-ring (bicyclic) bond motifs is 38. The summed E-state index contributed by atoms with van der Waals surface area (Å²) in [7, 11) is 0. The minimum atomic E-state index is -3.85. The van der Waals surface area contributed by atoms with Gasteiger partial charge in [-0.2, -0.15) is 0 Å². The number of rotatable bonds is 0. The zero-order chi connectivity index (χ0) is 82.0. The maximum atomic E-state index is 12.7. The van der Waals surface area contributed by atoms with Crippen LogP contribution in [0.1, 0.15) is 133 Å². The Labute approximate surface area is 716 Å². The average molecular weight is 1670 g/mol. The third-order valence-corrected chi connectivity index (χ3v) is 23.4. The van der Waals surface area contributed by atoms with E-state index in [0.717, 1.165) is 131 Å². The fourth-order valence-corrected chi connectivity index (χ4v) is 18.8. The Morgan fingerprint density at radius 2 is 0.467 bits per heavy atom. The molecule has 0 saturated heterocycles. The number of hydrogen-bond acceptors (Lipinski definition) is 14. The third kappa shape index (κ3) is 16.2. The molecule has 0 aliphatic carbocycles. The Bertz CT molecular complexity index is 6810. The first kappa shape index (κ1) is 81.4. The Kier molecular flexibility index (Phi) is 21.3. The molecule has 0 radical (unpaired) electrons. The minimum absolute atomic E-state index is 0. The molecule has 0 spiro atoms. The molecular weight excluding hydrogens is 1570 g/mol. The van der Waals surface area contributed by atoms with Crippen molar-refractivity contribution in [2.75, 3.05) is 0 Å². The van der Waals surface area contributed by atoms with Crippen LogP contribution in [-0.4, -0.2) is 86.2 Å². The van der Waals surface area contributed by atoms with Crippen LogP contribution in [0.4, 0.5) is 11.6 Å². The first-order valence-electron chi connectivity index (χ1n) is 40.2. The number of aliphatic imine (C=N–C) groups is 4. The molecule has 120 heavy (non-hydrogen) atoms. The first-order chi connectivity index (χ1) is 56.4. The Hall–Kier alpha value is -12.3. The van der Waals surface area contributed by atoms with Crippen molar-refractivity contribution in [3.05, 3.63) is 276 Å². The van der Waals surface area contributed by atoms with E-state index in [0.29, 0.717) is 113 Å². The summed E-state index contributed by atoms with van der Waals surface area (Å²) in [5, 5.41) is 15.8. The fourth-order valence-electron chi connectivity index (χ4n) is 14.8. The van der Waals surface area contributed by atoms with E-state index in [-0.39, 0.29) is 27.2 Å². The fraction of sp³-hybridized carbons (Fsp3) is 0.200. The number of aromatic nitrogens is 10. The van der Waals surface area contributed by atoms with Crippen LogP contribution >= 0.6 is 0 Å². The van der Waals surface area contributed by atoms with Crippen LogP contribution in [-0.2, 0) is 21.7 Å². The average Bonchev–Trinajstić information content (AvgIpc) is 1.70. The molecule has 14 bridgehead atoms. The Balaban J connectivity index is 0.000000147. The zero-order valence-electron chi connectivity index (χ0n) is 70.2. The number of hydrogen-bond donors (Lipinski definition) is 1. The van der Waals surface area contributed by atoms with Gasteiger partial charge in [-0.05, 0) is 135 Å². The molecule has 0 fully saturated rings. The van der Waals surface area contributed by atoms with E-state index < -0.39 is 17.1 Å². The summed E-state index contributed by atoms with van der Waals surface area (Å²) < 4.78 is 16.6. The number of nitrogens with zero attached hydrogens (tertiary/aromatic N) is 16. The van der Waals surface area contributed by atoms with Gasteiger partial charge in [0.05, 0.1) is 23.3 Å². The van der Waals surface area contributed by atoms with Crippen LogP contribution in [0.2, 0.25) is 0 Å². The molecule has 23 rings (SSSR count). The van der Waals surface area contributed by atoms with E-state index in [1.165, 1.54) is 0 Å². The van der Waals surface area contributed by atoms with Gasteiger partial charge in [-0.25, -0.2) is 9.97 Å². The molecule has 590 valence electrons. The molecular formula is C100H90GaN16O2Ti-. The molecule has 0 saturated carbocycles. The van der Waals surface area contributed by atoms with Gasteiger partial charge in [0.25, 0.3) is 0 Å². The van der Waals surface area contributed by atoms with Crippen LogP contribution in [0.5, 0.6) is 0 Å². The van der Waals surface area contributed by atoms with Crippen LogP contribution in [0.3, 0.4) is 0 Å². The molecule has 0 atom stereocenters. The summed E-state index contributed by atoms with van der Waals surface area (Å²) in [6.45, 7) is 35.0. The van der Waals surface area contributed by atoms with Gasteiger partial charge in [-0.3, -0.25) is 0 Å². The van der Waals surface area contributed by atoms with E-state index in [2.05, 4.69) is 208 Å². The van der Waals surface area contributed by atoms with Crippen molar-refractivity contribution >= 4 is 161 Å². The van der Waals surface area contributed by atoms with Gasteiger partial charge < -0.3 is 35.4 Å². The van der Waals surface area contributed by atoms with Crippen molar-refractivity contribution < 1.29 is 31.1 Å². The van der Waals surface area contributed by atoms with Crippen LogP contribution in [0, 0.1) is 21.7 Å². The van der Waals surface area contributed by atoms with Gasteiger partial charge in [0.15, 0.2) is 0 Å².